The van der Waals surface area contributed by atoms with Gasteiger partial charge in [-0.05, 0) is 35.4 Å². The van der Waals surface area contributed by atoms with Crippen molar-refractivity contribution < 1.29 is 14.6 Å². The molecule has 0 spiro atoms. The smallest absolute Gasteiger partial charge is 0.307 e. The van der Waals surface area contributed by atoms with E-state index in [9.17, 15) is 4.79 Å². The second-order valence-electron chi connectivity index (χ2n) is 3.60. The summed E-state index contributed by atoms with van der Waals surface area (Å²) < 4.78 is 6.34. The summed E-state index contributed by atoms with van der Waals surface area (Å²) in [7, 11) is 1.64. The summed E-state index contributed by atoms with van der Waals surface area (Å²) in [5, 5.41) is 11.7. The van der Waals surface area contributed by atoms with Crippen LogP contribution in [-0.4, -0.2) is 18.2 Å². The molecular formula is C12H12O3S. The number of hydrogen-bond donors (Lipinski definition) is 1. The third-order valence-electron chi connectivity index (χ3n) is 2.58. The molecule has 0 saturated heterocycles. The van der Waals surface area contributed by atoms with Crippen molar-refractivity contribution in [3.63, 3.8) is 0 Å². The number of methoxy groups -OCH3 is 1. The highest BCUT2D eigenvalue weighted by Gasteiger charge is 2.11. The quantitative estimate of drug-likeness (QED) is 0.891. The number of aryl methyl sites for hydroxylation is 1. The molecule has 0 radical (unpaired) electrons. The maximum Gasteiger partial charge on any atom is 0.307 e. The standard InChI is InChI=1S/C12H12O3S/c1-7-10(15-2)4-3-9-8(5-11(13)14)6-16-12(7)9/h3-4,6H,5H2,1-2H3,(H,13,14). The molecule has 0 atom stereocenters. The molecule has 4 heteroatoms. The van der Waals surface area contributed by atoms with E-state index in [4.69, 9.17) is 9.84 Å². The summed E-state index contributed by atoms with van der Waals surface area (Å²) in [6, 6.07) is 3.81. The third kappa shape index (κ3) is 1.76. The number of ether oxygens (including phenoxy) is 1. The van der Waals surface area contributed by atoms with Gasteiger partial charge in [0.1, 0.15) is 5.75 Å². The van der Waals surface area contributed by atoms with Crippen LogP contribution in [0.3, 0.4) is 0 Å². The summed E-state index contributed by atoms with van der Waals surface area (Å²) in [5.41, 5.74) is 1.94. The van der Waals surface area contributed by atoms with Gasteiger partial charge in [0.05, 0.1) is 13.5 Å². The Bertz CT molecular complexity index is 542. The normalized spacial score (nSPS) is 10.6. The molecule has 0 aliphatic rings. The molecule has 1 N–H and O–H groups in total. The van der Waals surface area contributed by atoms with Gasteiger partial charge < -0.3 is 9.84 Å². The summed E-state index contributed by atoms with van der Waals surface area (Å²) in [6.45, 7) is 1.99. The Balaban J connectivity index is 2.58. The minimum atomic E-state index is -0.798. The predicted molar refractivity (Wildman–Crippen MR) is 64.5 cm³/mol. The van der Waals surface area contributed by atoms with Crippen molar-refractivity contribution >= 4 is 27.4 Å². The summed E-state index contributed by atoms with van der Waals surface area (Å²) in [4.78, 5) is 10.7. The van der Waals surface area contributed by atoms with E-state index >= 15 is 0 Å². The zero-order valence-electron chi connectivity index (χ0n) is 9.11. The molecule has 0 saturated carbocycles. The molecule has 1 heterocycles. The first-order valence-corrected chi connectivity index (χ1v) is 5.77. The molecule has 2 aromatic rings. The van der Waals surface area contributed by atoms with Crippen molar-refractivity contribution in [3.05, 3.63) is 28.6 Å². The monoisotopic (exact) mass is 236 g/mol. The Labute approximate surface area is 97.3 Å². The zero-order valence-corrected chi connectivity index (χ0v) is 9.93. The minimum Gasteiger partial charge on any atom is -0.496 e. The van der Waals surface area contributed by atoms with Crippen LogP contribution < -0.4 is 4.74 Å². The van der Waals surface area contributed by atoms with Gasteiger partial charge in [-0.15, -0.1) is 11.3 Å². The average Bonchev–Trinajstić information content (AvgIpc) is 2.62. The van der Waals surface area contributed by atoms with Crippen LogP contribution in [0.15, 0.2) is 17.5 Å². The second kappa shape index (κ2) is 4.14. The lowest BCUT2D eigenvalue weighted by Crippen LogP contribution is -1.98. The van der Waals surface area contributed by atoms with E-state index in [1.807, 2.05) is 24.4 Å². The molecule has 0 amide bonds. The molecule has 0 aliphatic carbocycles. The Kier molecular flexibility index (Phi) is 2.83. The van der Waals surface area contributed by atoms with E-state index in [-0.39, 0.29) is 6.42 Å². The van der Waals surface area contributed by atoms with E-state index in [1.54, 1.807) is 18.4 Å². The molecule has 3 nitrogen and oxygen atoms in total. The number of carboxylic acid groups (broad SMARTS) is 1. The first kappa shape index (κ1) is 11.0. The number of fused-ring (bicyclic) bond motifs is 1. The Morgan fingerprint density at radius 3 is 2.88 bits per heavy atom. The van der Waals surface area contributed by atoms with Gasteiger partial charge in [-0.2, -0.15) is 0 Å². The van der Waals surface area contributed by atoms with Crippen LogP contribution in [0.2, 0.25) is 0 Å². The highest BCUT2D eigenvalue weighted by molar-refractivity contribution is 7.17. The van der Waals surface area contributed by atoms with Crippen LogP contribution in [0.4, 0.5) is 0 Å². The molecule has 16 heavy (non-hydrogen) atoms. The molecule has 84 valence electrons. The molecule has 0 fully saturated rings. The summed E-state index contributed by atoms with van der Waals surface area (Å²) in [5.74, 6) is 0.0457. The lowest BCUT2D eigenvalue weighted by molar-refractivity contribution is -0.136. The number of rotatable bonds is 3. The molecule has 1 aromatic carbocycles. The number of hydrogen-bond acceptors (Lipinski definition) is 3. The number of thiophene rings is 1. The van der Waals surface area contributed by atoms with Crippen molar-refractivity contribution in [2.75, 3.05) is 7.11 Å². The fourth-order valence-corrected chi connectivity index (χ4v) is 2.87. The Hall–Kier alpha value is -1.55. The molecule has 0 unspecified atom stereocenters. The van der Waals surface area contributed by atoms with Gasteiger partial charge >= 0.3 is 5.97 Å². The van der Waals surface area contributed by atoms with Gasteiger partial charge in [-0.1, -0.05) is 0 Å². The van der Waals surface area contributed by atoms with Gasteiger partial charge in [-0.25, -0.2) is 0 Å². The fourth-order valence-electron chi connectivity index (χ4n) is 1.79. The van der Waals surface area contributed by atoms with E-state index in [0.29, 0.717) is 0 Å². The van der Waals surface area contributed by atoms with Gasteiger partial charge in [-0.3, -0.25) is 4.79 Å². The lowest BCUT2D eigenvalue weighted by Gasteiger charge is -2.05. The van der Waals surface area contributed by atoms with Crippen LogP contribution in [0.5, 0.6) is 5.75 Å². The van der Waals surface area contributed by atoms with Crippen LogP contribution in [-0.2, 0) is 11.2 Å². The van der Waals surface area contributed by atoms with E-state index in [0.717, 1.165) is 27.0 Å². The Morgan fingerprint density at radius 2 is 2.25 bits per heavy atom. The van der Waals surface area contributed by atoms with Crippen molar-refractivity contribution in [3.8, 4) is 5.75 Å². The van der Waals surface area contributed by atoms with Crippen molar-refractivity contribution in [1.29, 1.82) is 0 Å². The number of benzene rings is 1. The molecule has 2 rings (SSSR count). The molecular weight excluding hydrogens is 224 g/mol. The van der Waals surface area contributed by atoms with Gasteiger partial charge in [0, 0.05) is 10.3 Å². The van der Waals surface area contributed by atoms with Crippen LogP contribution in [0, 0.1) is 6.92 Å². The Morgan fingerprint density at radius 1 is 1.50 bits per heavy atom. The largest absolute Gasteiger partial charge is 0.496 e. The SMILES string of the molecule is COc1ccc2c(CC(=O)O)csc2c1C. The van der Waals surface area contributed by atoms with Crippen molar-refractivity contribution in [2.45, 2.75) is 13.3 Å². The van der Waals surface area contributed by atoms with Gasteiger partial charge in [0.2, 0.25) is 0 Å². The van der Waals surface area contributed by atoms with Crippen LogP contribution in [0.1, 0.15) is 11.1 Å². The highest BCUT2D eigenvalue weighted by atomic mass is 32.1. The van der Waals surface area contributed by atoms with Crippen molar-refractivity contribution in [2.24, 2.45) is 0 Å². The van der Waals surface area contributed by atoms with E-state index < -0.39 is 5.97 Å². The third-order valence-corrected chi connectivity index (χ3v) is 3.75. The van der Waals surface area contributed by atoms with E-state index in [1.165, 1.54) is 0 Å². The molecule has 1 aromatic heterocycles. The highest BCUT2D eigenvalue weighted by Crippen LogP contribution is 2.34. The molecule has 0 aliphatic heterocycles. The summed E-state index contributed by atoms with van der Waals surface area (Å²) in [6.07, 6.45) is 0.0752. The van der Waals surface area contributed by atoms with Crippen LogP contribution >= 0.6 is 11.3 Å². The average molecular weight is 236 g/mol. The van der Waals surface area contributed by atoms with E-state index in [2.05, 4.69) is 0 Å². The maximum atomic E-state index is 10.7. The second-order valence-corrected chi connectivity index (χ2v) is 4.48. The van der Waals surface area contributed by atoms with Crippen molar-refractivity contribution in [1.82, 2.24) is 0 Å². The van der Waals surface area contributed by atoms with Gasteiger partial charge in [0.15, 0.2) is 0 Å². The lowest BCUT2D eigenvalue weighted by atomic mass is 10.1. The van der Waals surface area contributed by atoms with Crippen LogP contribution in [0.25, 0.3) is 10.1 Å². The fraction of sp³-hybridized carbons (Fsp3) is 0.250. The number of carbonyl (C=O) groups is 1. The number of aliphatic carboxylic acids is 1. The number of carboxylic acids is 1. The maximum absolute atomic E-state index is 10.7. The first-order chi connectivity index (χ1) is 7.63. The summed E-state index contributed by atoms with van der Waals surface area (Å²) >= 11 is 1.57. The topological polar surface area (TPSA) is 46.5 Å². The minimum absolute atomic E-state index is 0.0752. The predicted octanol–water partition coefficient (Wildman–Crippen LogP) is 2.85. The first-order valence-electron chi connectivity index (χ1n) is 4.89. The molecule has 0 bridgehead atoms. The van der Waals surface area contributed by atoms with Gasteiger partial charge in [0.25, 0.3) is 0 Å². The zero-order chi connectivity index (χ0) is 11.7.